The van der Waals surface area contributed by atoms with Gasteiger partial charge in [-0.05, 0) is 72.0 Å². The molecule has 22 nitrogen and oxygen atoms in total. The minimum atomic E-state index is -1.50. The van der Waals surface area contributed by atoms with Gasteiger partial charge in [-0.3, -0.25) is 49.2 Å². The van der Waals surface area contributed by atoms with Crippen molar-refractivity contribution in [2.24, 2.45) is 5.73 Å². The lowest BCUT2D eigenvalue weighted by atomic mass is 10.1. The fourth-order valence-corrected chi connectivity index (χ4v) is 5.11. The Hall–Kier alpha value is -4.03. The van der Waals surface area contributed by atoms with E-state index in [1.165, 1.54) is 14.1 Å². The van der Waals surface area contributed by atoms with Gasteiger partial charge in [0.05, 0.1) is 25.3 Å². The molecule has 1 fully saturated rings. The van der Waals surface area contributed by atoms with Crippen LogP contribution in [-0.2, 0) is 33.6 Å². The van der Waals surface area contributed by atoms with Gasteiger partial charge in [-0.15, -0.1) is 0 Å². The van der Waals surface area contributed by atoms with Gasteiger partial charge in [0.1, 0.15) is 24.2 Å². The average molecular weight is 735 g/mol. The van der Waals surface area contributed by atoms with Crippen LogP contribution < -0.4 is 37.6 Å². The van der Waals surface area contributed by atoms with Crippen molar-refractivity contribution in [2.75, 3.05) is 53.5 Å². The number of hydrogen-bond acceptors (Lipinski definition) is 15. The second-order valence-corrected chi connectivity index (χ2v) is 11.8. The first-order valence-electron chi connectivity index (χ1n) is 16.7. The van der Waals surface area contributed by atoms with Crippen molar-refractivity contribution in [1.29, 1.82) is 0 Å². The van der Waals surface area contributed by atoms with E-state index >= 15 is 0 Å². The molecule has 0 aliphatic carbocycles. The molecule has 0 aromatic carbocycles. The van der Waals surface area contributed by atoms with Gasteiger partial charge in [0.25, 0.3) is 11.8 Å². The summed E-state index contributed by atoms with van der Waals surface area (Å²) >= 11 is 0. The Morgan fingerprint density at radius 3 is 1.86 bits per heavy atom. The molecule has 7 amide bonds. The zero-order chi connectivity index (χ0) is 38.5. The minimum Gasteiger partial charge on any atom is -0.394 e. The second-order valence-electron chi connectivity index (χ2n) is 11.8. The first-order chi connectivity index (χ1) is 24.3. The van der Waals surface area contributed by atoms with Crippen LogP contribution in [-0.4, -0.2) is 173 Å². The molecule has 1 aliphatic rings. The molecule has 1 aliphatic heterocycles. The molecule has 51 heavy (non-hydrogen) atoms. The first-order valence-corrected chi connectivity index (χ1v) is 16.7. The number of piperidine rings is 1. The number of carbonyl (C=O) groups excluding carboxylic acids is 7. The molecule has 6 atom stereocenters. The number of aliphatic hydroxyl groups excluding tert-OH is 2. The zero-order valence-corrected chi connectivity index (χ0v) is 29.0. The summed E-state index contributed by atoms with van der Waals surface area (Å²) in [5.74, 6) is -4.72. The van der Waals surface area contributed by atoms with Gasteiger partial charge in [-0.25, -0.2) is 15.2 Å². The Labute approximate surface area is 295 Å². The molecule has 6 unspecified atom stereocenters. The topological polar surface area (TPSA) is 329 Å². The third-order valence-electron chi connectivity index (χ3n) is 8.12. The fourth-order valence-electron chi connectivity index (χ4n) is 5.11. The third-order valence-corrected chi connectivity index (χ3v) is 8.12. The Balaban J connectivity index is 2.74. The van der Waals surface area contributed by atoms with Crippen LogP contribution in [0.1, 0.15) is 51.4 Å². The summed E-state index contributed by atoms with van der Waals surface area (Å²) in [5.41, 5.74) is 5.59. The minimum absolute atomic E-state index is 0.0336. The van der Waals surface area contributed by atoms with E-state index in [0.29, 0.717) is 28.0 Å². The number of hydroxylamine groups is 6. The van der Waals surface area contributed by atoms with E-state index in [-0.39, 0.29) is 71.1 Å². The van der Waals surface area contributed by atoms with Crippen molar-refractivity contribution in [3.63, 3.8) is 0 Å². The lowest BCUT2D eigenvalue weighted by molar-refractivity contribution is -0.173. The lowest BCUT2D eigenvalue weighted by Crippen LogP contribution is -2.59. The molecule has 0 saturated carbocycles. The Morgan fingerprint density at radius 1 is 0.824 bits per heavy atom. The van der Waals surface area contributed by atoms with Crippen LogP contribution in [0.2, 0.25) is 0 Å². The van der Waals surface area contributed by atoms with Gasteiger partial charge in [0, 0.05) is 19.6 Å². The molecule has 0 aromatic rings. The SMILES string of the molecule is CNC(CCCN(O)C(=O)C(CO)NC(=O)C(CCCN(O)C=O)NC)C(=O)NC(CCCN)C(=O)NC(CO)C(=O)NC1CCCN(O)C1=O. The maximum atomic E-state index is 13.1. The van der Waals surface area contributed by atoms with E-state index in [1.54, 1.807) is 0 Å². The molecular formula is C29H54N10O12. The normalized spacial score (nSPS) is 17.3. The average Bonchev–Trinajstić information content (AvgIpc) is 3.12. The number of carbonyl (C=O) groups is 7. The maximum absolute atomic E-state index is 13.1. The number of rotatable bonds is 25. The molecule has 292 valence electrons. The summed E-state index contributed by atoms with van der Waals surface area (Å²) < 4.78 is 0. The quantitative estimate of drug-likeness (QED) is 0.0236. The summed E-state index contributed by atoms with van der Waals surface area (Å²) in [7, 11) is 2.95. The molecule has 0 spiro atoms. The molecule has 1 rings (SSSR count). The molecule has 0 radical (unpaired) electrons. The number of aliphatic hydroxyl groups is 2. The van der Waals surface area contributed by atoms with E-state index in [9.17, 15) is 59.4 Å². The maximum Gasteiger partial charge on any atom is 0.270 e. The largest absolute Gasteiger partial charge is 0.394 e. The number of hydrogen-bond donors (Lipinski definition) is 12. The van der Waals surface area contributed by atoms with Crippen LogP contribution in [0.25, 0.3) is 0 Å². The van der Waals surface area contributed by atoms with Crippen LogP contribution in [0.5, 0.6) is 0 Å². The summed E-state index contributed by atoms with van der Waals surface area (Å²) in [4.78, 5) is 87.0. The first kappa shape index (κ1) is 45.0. The highest BCUT2D eigenvalue weighted by Crippen LogP contribution is 2.10. The Bertz CT molecular complexity index is 1150. The van der Waals surface area contributed by atoms with Crippen molar-refractivity contribution < 1.29 is 59.4 Å². The van der Waals surface area contributed by atoms with Crippen LogP contribution >= 0.6 is 0 Å². The van der Waals surface area contributed by atoms with Crippen molar-refractivity contribution >= 4 is 41.9 Å². The summed E-state index contributed by atoms with van der Waals surface area (Å²) in [6.45, 7) is -1.70. The van der Waals surface area contributed by atoms with Crippen molar-refractivity contribution in [1.82, 2.24) is 47.1 Å². The number of amides is 7. The van der Waals surface area contributed by atoms with Gasteiger partial charge in [-0.1, -0.05) is 0 Å². The predicted octanol–water partition coefficient (Wildman–Crippen LogP) is -5.54. The van der Waals surface area contributed by atoms with E-state index in [1.807, 2.05) is 0 Å². The van der Waals surface area contributed by atoms with Crippen LogP contribution in [0.3, 0.4) is 0 Å². The van der Waals surface area contributed by atoms with Crippen molar-refractivity contribution in [2.45, 2.75) is 87.6 Å². The third kappa shape index (κ3) is 15.4. The van der Waals surface area contributed by atoms with E-state index in [2.05, 4.69) is 31.9 Å². The second kappa shape index (κ2) is 24.2. The van der Waals surface area contributed by atoms with Gasteiger partial charge in [0.2, 0.25) is 30.0 Å². The molecule has 0 bridgehead atoms. The fraction of sp³-hybridized carbons (Fsp3) is 0.759. The standard InChI is InChI=1S/C29H54N10O12/c1-31-18(8-4-12-37(49)17-42)25(44)36-23(16-41)29(48)39(51)13-5-9-19(32-2)24(43)33-20(7-3-11-30)26(45)35-22(15-40)27(46)34-21-10-6-14-38(50)28(21)47/h17-23,31-32,40-41,49-51H,3-16,30H2,1-2H3,(H,33,43)(H,34,46)(H,35,45)(H,36,44). The van der Waals surface area contributed by atoms with E-state index in [0.717, 1.165) is 0 Å². The van der Waals surface area contributed by atoms with Crippen LogP contribution in [0, 0.1) is 0 Å². The molecule has 22 heteroatoms. The van der Waals surface area contributed by atoms with Gasteiger partial charge < -0.3 is 47.8 Å². The smallest absolute Gasteiger partial charge is 0.270 e. The highest BCUT2D eigenvalue weighted by Gasteiger charge is 2.33. The Morgan fingerprint density at radius 2 is 1.33 bits per heavy atom. The highest BCUT2D eigenvalue weighted by molar-refractivity contribution is 5.95. The van der Waals surface area contributed by atoms with E-state index in [4.69, 9.17) is 5.73 Å². The molecule has 0 aromatic heterocycles. The summed E-state index contributed by atoms with van der Waals surface area (Å²) in [6, 6.07) is -6.94. The van der Waals surface area contributed by atoms with Crippen LogP contribution in [0.15, 0.2) is 0 Å². The summed E-state index contributed by atoms with van der Waals surface area (Å²) in [6.07, 6.45) is 1.80. The number of nitrogens with two attached hydrogens (primary N) is 1. The van der Waals surface area contributed by atoms with E-state index < -0.39 is 84.9 Å². The summed E-state index contributed by atoms with van der Waals surface area (Å²) in [5, 5.41) is 65.0. The van der Waals surface area contributed by atoms with Gasteiger partial charge in [-0.2, -0.15) is 0 Å². The number of likely N-dealkylation sites (N-methyl/N-ethyl adjacent to an activating group) is 2. The van der Waals surface area contributed by atoms with Crippen LogP contribution in [0.4, 0.5) is 0 Å². The monoisotopic (exact) mass is 734 g/mol. The van der Waals surface area contributed by atoms with Gasteiger partial charge in [0.15, 0.2) is 0 Å². The molecular weight excluding hydrogens is 680 g/mol. The molecule has 1 heterocycles. The number of nitrogens with zero attached hydrogens (tertiary/aromatic N) is 3. The molecule has 1 saturated heterocycles. The van der Waals surface area contributed by atoms with Gasteiger partial charge >= 0.3 is 0 Å². The Kier molecular flexibility index (Phi) is 21.4. The molecule has 13 N–H and O–H groups in total. The lowest BCUT2D eigenvalue weighted by Gasteiger charge is -2.29. The van der Waals surface area contributed by atoms with Crippen molar-refractivity contribution in [3.8, 4) is 0 Å². The van der Waals surface area contributed by atoms with Crippen molar-refractivity contribution in [3.05, 3.63) is 0 Å². The predicted molar refractivity (Wildman–Crippen MR) is 175 cm³/mol. The highest BCUT2D eigenvalue weighted by atomic mass is 16.5. The number of nitrogens with one attached hydrogen (secondary N) is 6. The zero-order valence-electron chi connectivity index (χ0n) is 29.0.